The van der Waals surface area contributed by atoms with Crippen molar-refractivity contribution in [2.24, 2.45) is 5.73 Å². The molecule has 6 N–H and O–H groups in total. The molecule has 2 heterocycles. The van der Waals surface area contributed by atoms with Crippen LogP contribution in [-0.2, 0) is 30.6 Å². The standard InChI is InChI=1S/C21H29N4O9PS/c1-12(2)32-19(29)13(3)24-35(36,34-14-7-5-4-6-8-14)31-11-21(22)17(28)16(27)18(33-21)25-10-9-15(26)23-20(25)30/h4-10,12-13,16-18,27-28H,11,22H2,1-3H3,(H,24,36)(H,23,26,30)/t13?,16-,17+,18?,21-,35?/m1/s1. The molecule has 3 rings (SSSR count). The predicted octanol–water partition coefficient (Wildman–Crippen LogP) is -0.308. The van der Waals surface area contributed by atoms with Gasteiger partial charge in [0.15, 0.2) is 12.0 Å². The number of aromatic nitrogens is 2. The Morgan fingerprint density at radius 2 is 1.94 bits per heavy atom. The van der Waals surface area contributed by atoms with Crippen molar-refractivity contribution in [1.29, 1.82) is 0 Å². The largest absolute Gasteiger partial charge is 0.462 e. The number of H-pyrrole nitrogens is 1. The van der Waals surface area contributed by atoms with Crippen LogP contribution in [0.3, 0.4) is 0 Å². The molecule has 15 heteroatoms. The van der Waals surface area contributed by atoms with E-state index in [0.29, 0.717) is 5.75 Å². The number of benzene rings is 1. The molecule has 0 aliphatic carbocycles. The van der Waals surface area contributed by atoms with Gasteiger partial charge in [-0.3, -0.25) is 24.9 Å². The third kappa shape index (κ3) is 6.66. The number of nitrogens with zero attached hydrogens (tertiary/aromatic N) is 1. The Morgan fingerprint density at radius 1 is 1.28 bits per heavy atom. The molecule has 198 valence electrons. The van der Waals surface area contributed by atoms with Crippen molar-refractivity contribution in [2.75, 3.05) is 6.61 Å². The van der Waals surface area contributed by atoms with Gasteiger partial charge >= 0.3 is 18.3 Å². The molecule has 0 amide bonds. The van der Waals surface area contributed by atoms with Crippen LogP contribution in [-0.4, -0.2) is 62.4 Å². The van der Waals surface area contributed by atoms with Crippen molar-refractivity contribution < 1.29 is 33.5 Å². The van der Waals surface area contributed by atoms with E-state index in [4.69, 9.17) is 36.1 Å². The molecule has 0 spiro atoms. The summed E-state index contributed by atoms with van der Waals surface area (Å²) in [5.74, 6) is -0.249. The Hall–Kier alpha value is -2.42. The van der Waals surface area contributed by atoms with Gasteiger partial charge in [-0.2, -0.15) is 0 Å². The zero-order valence-corrected chi connectivity index (χ0v) is 21.5. The lowest BCUT2D eigenvalue weighted by atomic mass is 10.1. The maximum atomic E-state index is 12.4. The predicted molar refractivity (Wildman–Crippen MR) is 132 cm³/mol. The first-order valence-corrected chi connectivity index (χ1v) is 13.6. The van der Waals surface area contributed by atoms with Crippen LogP contribution in [0.15, 0.2) is 52.2 Å². The van der Waals surface area contributed by atoms with Gasteiger partial charge in [0.05, 0.1) is 6.10 Å². The minimum Gasteiger partial charge on any atom is -0.462 e. The second-order valence-corrected chi connectivity index (χ2v) is 11.6. The Labute approximate surface area is 211 Å². The number of para-hydroxylation sites is 1. The average molecular weight is 545 g/mol. The number of nitrogens with one attached hydrogen (secondary N) is 2. The van der Waals surface area contributed by atoms with Gasteiger partial charge in [0, 0.05) is 12.3 Å². The number of aliphatic hydroxyl groups is 2. The summed E-state index contributed by atoms with van der Waals surface area (Å²) in [4.78, 5) is 37.9. The Kier molecular flexibility index (Phi) is 8.85. The van der Waals surface area contributed by atoms with E-state index in [-0.39, 0.29) is 6.10 Å². The molecule has 1 saturated heterocycles. The molecule has 2 aromatic rings. The number of esters is 1. The van der Waals surface area contributed by atoms with Crippen molar-refractivity contribution in [2.45, 2.75) is 57.1 Å². The fourth-order valence-corrected chi connectivity index (χ4v) is 5.72. The third-order valence-corrected chi connectivity index (χ3v) is 7.55. The van der Waals surface area contributed by atoms with Crippen LogP contribution in [0, 0.1) is 0 Å². The van der Waals surface area contributed by atoms with Gasteiger partial charge in [0.1, 0.15) is 30.6 Å². The number of aromatic amines is 1. The number of ether oxygens (including phenoxy) is 2. The molecule has 3 unspecified atom stereocenters. The maximum absolute atomic E-state index is 12.4. The lowest BCUT2D eigenvalue weighted by Crippen LogP contribution is -2.54. The van der Waals surface area contributed by atoms with Gasteiger partial charge in [-0.25, -0.2) is 9.88 Å². The van der Waals surface area contributed by atoms with Gasteiger partial charge in [-0.15, -0.1) is 0 Å². The van der Waals surface area contributed by atoms with Gasteiger partial charge in [0.2, 0.25) is 0 Å². The van der Waals surface area contributed by atoms with Crippen LogP contribution in [0.4, 0.5) is 0 Å². The first kappa shape index (κ1) is 28.2. The van der Waals surface area contributed by atoms with Gasteiger partial charge < -0.3 is 28.7 Å². The smallest absolute Gasteiger partial charge is 0.330 e. The summed E-state index contributed by atoms with van der Waals surface area (Å²) in [7, 11) is 0. The van der Waals surface area contributed by atoms with Crippen molar-refractivity contribution in [1.82, 2.24) is 14.6 Å². The summed E-state index contributed by atoms with van der Waals surface area (Å²) >= 11 is 5.60. The van der Waals surface area contributed by atoms with Crippen molar-refractivity contribution >= 4 is 24.4 Å². The minimum atomic E-state index is -3.53. The quantitative estimate of drug-likeness (QED) is 0.194. The topological polar surface area (TPSA) is 187 Å². The van der Waals surface area contributed by atoms with E-state index in [2.05, 4.69) is 5.09 Å². The number of nitrogens with two attached hydrogens (primary N) is 1. The number of aliphatic hydroxyl groups excluding tert-OH is 2. The van der Waals surface area contributed by atoms with E-state index in [9.17, 15) is 24.6 Å². The summed E-state index contributed by atoms with van der Waals surface area (Å²) in [6.45, 7) is 0.791. The second-order valence-electron chi connectivity index (χ2n) is 8.43. The highest BCUT2D eigenvalue weighted by molar-refractivity contribution is 8.09. The summed E-state index contributed by atoms with van der Waals surface area (Å²) in [5, 5.41) is 24.0. The highest BCUT2D eigenvalue weighted by Crippen LogP contribution is 2.47. The summed E-state index contributed by atoms with van der Waals surface area (Å²) in [6.07, 6.45) is -4.06. The van der Waals surface area contributed by atoms with Crippen molar-refractivity contribution in [3.8, 4) is 5.75 Å². The summed E-state index contributed by atoms with van der Waals surface area (Å²) in [5.41, 5.74) is 2.65. The molecule has 36 heavy (non-hydrogen) atoms. The zero-order valence-electron chi connectivity index (χ0n) is 19.8. The maximum Gasteiger partial charge on any atom is 0.330 e. The van der Waals surface area contributed by atoms with E-state index >= 15 is 0 Å². The second kappa shape index (κ2) is 11.3. The Bertz CT molecular complexity index is 1220. The molecular formula is C21H29N4O9PS. The highest BCUT2D eigenvalue weighted by Gasteiger charge is 2.54. The molecule has 6 atom stereocenters. The average Bonchev–Trinajstić information content (AvgIpc) is 3.02. The van der Waals surface area contributed by atoms with E-state index in [1.165, 1.54) is 6.92 Å². The Balaban J connectivity index is 1.81. The van der Waals surface area contributed by atoms with Crippen LogP contribution in [0.25, 0.3) is 0 Å². The van der Waals surface area contributed by atoms with Crippen LogP contribution >= 0.6 is 6.64 Å². The monoisotopic (exact) mass is 544 g/mol. The molecular weight excluding hydrogens is 515 g/mol. The summed E-state index contributed by atoms with van der Waals surface area (Å²) in [6, 6.07) is 8.57. The number of carbonyl (C=O) groups excluding carboxylic acids is 1. The molecule has 1 aromatic heterocycles. The third-order valence-electron chi connectivity index (χ3n) is 5.07. The normalized spacial score (nSPS) is 26.4. The van der Waals surface area contributed by atoms with Crippen molar-refractivity contribution in [3.05, 3.63) is 63.4 Å². The lowest BCUT2D eigenvalue weighted by Gasteiger charge is -2.32. The van der Waals surface area contributed by atoms with E-state index in [0.717, 1.165) is 16.8 Å². The molecule has 13 nitrogen and oxygen atoms in total. The molecule has 1 aliphatic rings. The molecule has 1 aliphatic heterocycles. The highest BCUT2D eigenvalue weighted by atomic mass is 32.5. The number of carbonyl (C=O) groups is 1. The fraction of sp³-hybridized carbons (Fsp3) is 0.476. The van der Waals surface area contributed by atoms with Crippen LogP contribution in [0.2, 0.25) is 0 Å². The molecule has 0 radical (unpaired) electrons. The van der Waals surface area contributed by atoms with Crippen molar-refractivity contribution in [3.63, 3.8) is 0 Å². The summed E-state index contributed by atoms with van der Waals surface area (Å²) < 4.78 is 23.4. The van der Waals surface area contributed by atoms with Gasteiger partial charge in [0.25, 0.3) is 5.56 Å². The van der Waals surface area contributed by atoms with Gasteiger partial charge in [-0.05, 0) is 44.7 Å². The minimum absolute atomic E-state index is 0.342. The number of hydrogen-bond donors (Lipinski definition) is 5. The van der Waals surface area contributed by atoms with Gasteiger partial charge in [-0.1, -0.05) is 18.2 Å². The molecule has 0 saturated carbocycles. The van der Waals surface area contributed by atoms with E-state index in [1.54, 1.807) is 44.2 Å². The van der Waals surface area contributed by atoms with Crippen LogP contribution in [0.1, 0.15) is 27.0 Å². The molecule has 1 aromatic carbocycles. The first-order chi connectivity index (χ1) is 16.8. The van der Waals surface area contributed by atoms with E-state index in [1.807, 2.05) is 4.98 Å². The van der Waals surface area contributed by atoms with Crippen LogP contribution in [0.5, 0.6) is 5.75 Å². The number of rotatable bonds is 10. The Morgan fingerprint density at radius 3 is 2.56 bits per heavy atom. The van der Waals surface area contributed by atoms with Crippen LogP contribution < -0.4 is 26.6 Å². The first-order valence-electron chi connectivity index (χ1n) is 11.0. The molecule has 0 bridgehead atoms. The fourth-order valence-electron chi connectivity index (χ4n) is 3.30. The SMILES string of the molecule is CC(C)OC(=O)C(C)NP(=S)(OC[C@@]1(N)OC(n2ccc(=O)[nH]c2=O)[C@H](O)[C@@H]1O)Oc1ccccc1. The number of hydrogen-bond acceptors (Lipinski definition) is 11. The molecule has 1 fully saturated rings. The zero-order chi connectivity index (χ0) is 26.7. The van der Waals surface area contributed by atoms with E-state index < -0.39 is 60.7 Å². The lowest BCUT2D eigenvalue weighted by molar-refractivity contribution is -0.149.